The van der Waals surface area contributed by atoms with Gasteiger partial charge < -0.3 is 0 Å². The average Bonchev–Trinajstić information content (AvgIpc) is 2.28. The van der Waals surface area contributed by atoms with E-state index >= 15 is 0 Å². The molecule has 0 aliphatic carbocycles. The molecule has 0 aromatic carbocycles. The lowest BCUT2D eigenvalue weighted by Gasteiger charge is -2.02. The van der Waals surface area contributed by atoms with E-state index in [1.165, 1.54) is 18.5 Å². The maximum absolute atomic E-state index is 13.3. The van der Waals surface area contributed by atoms with Crippen molar-refractivity contribution in [1.82, 2.24) is 9.97 Å². The molecular formula is C10H6F2N2O2S. The van der Waals surface area contributed by atoms with Crippen molar-refractivity contribution in [2.24, 2.45) is 0 Å². The number of hydrogen-bond acceptors (Lipinski definition) is 4. The zero-order valence-corrected chi connectivity index (χ0v) is 9.16. The molecule has 88 valence electrons. The fourth-order valence-corrected chi connectivity index (χ4v) is 1.76. The molecule has 17 heavy (non-hydrogen) atoms. The Bertz CT molecular complexity index is 645. The highest BCUT2D eigenvalue weighted by molar-refractivity contribution is 7.86. The van der Waals surface area contributed by atoms with Crippen molar-refractivity contribution in [3.63, 3.8) is 0 Å². The second-order valence-electron chi connectivity index (χ2n) is 3.16. The lowest BCUT2D eigenvalue weighted by atomic mass is 10.2. The standard InChI is InChI=1S/C10H6F2N2O2S/c11-10-9(17(12,15)16)2-1-8(14-10)7-3-5-13-6-4-7/h1-6H. The van der Waals surface area contributed by atoms with Crippen LogP contribution in [0.5, 0.6) is 0 Å². The minimum absolute atomic E-state index is 0.206. The zero-order valence-electron chi connectivity index (χ0n) is 8.34. The molecule has 0 aliphatic heterocycles. The lowest BCUT2D eigenvalue weighted by molar-refractivity contribution is 0.518. The summed E-state index contributed by atoms with van der Waals surface area (Å²) in [4.78, 5) is 6.11. The van der Waals surface area contributed by atoms with Crippen molar-refractivity contribution in [1.29, 1.82) is 0 Å². The Balaban J connectivity index is 2.53. The Morgan fingerprint density at radius 2 is 1.71 bits per heavy atom. The highest BCUT2D eigenvalue weighted by atomic mass is 32.3. The monoisotopic (exact) mass is 256 g/mol. The molecule has 2 aromatic rings. The average molecular weight is 256 g/mol. The summed E-state index contributed by atoms with van der Waals surface area (Å²) in [6, 6.07) is 5.22. The van der Waals surface area contributed by atoms with Crippen LogP contribution in [-0.2, 0) is 10.2 Å². The van der Waals surface area contributed by atoms with Crippen LogP contribution in [-0.4, -0.2) is 18.4 Å². The third kappa shape index (κ3) is 2.44. The van der Waals surface area contributed by atoms with E-state index in [1.807, 2.05) is 0 Å². The van der Waals surface area contributed by atoms with E-state index in [0.29, 0.717) is 5.56 Å². The van der Waals surface area contributed by atoms with E-state index in [9.17, 15) is 16.7 Å². The molecule has 0 aliphatic rings. The van der Waals surface area contributed by atoms with E-state index < -0.39 is 21.1 Å². The number of hydrogen-bond donors (Lipinski definition) is 0. The smallest absolute Gasteiger partial charge is 0.265 e. The minimum atomic E-state index is -5.08. The van der Waals surface area contributed by atoms with Gasteiger partial charge in [0.25, 0.3) is 0 Å². The van der Waals surface area contributed by atoms with Crippen molar-refractivity contribution in [3.05, 3.63) is 42.6 Å². The molecule has 0 unspecified atom stereocenters. The summed E-state index contributed by atoms with van der Waals surface area (Å²) in [7, 11) is -5.08. The van der Waals surface area contributed by atoms with E-state index in [0.717, 1.165) is 6.07 Å². The number of halogens is 2. The van der Waals surface area contributed by atoms with E-state index in [-0.39, 0.29) is 5.69 Å². The SMILES string of the molecule is O=S(=O)(F)c1ccc(-c2ccncc2)nc1F. The summed E-state index contributed by atoms with van der Waals surface area (Å²) in [5.74, 6) is -1.36. The second-order valence-corrected chi connectivity index (χ2v) is 4.47. The first-order chi connectivity index (χ1) is 7.98. The minimum Gasteiger partial charge on any atom is -0.265 e. The van der Waals surface area contributed by atoms with Gasteiger partial charge in [0.05, 0.1) is 5.69 Å². The predicted octanol–water partition coefficient (Wildman–Crippen LogP) is 1.94. The Hall–Kier alpha value is -1.89. The number of nitrogens with zero attached hydrogens (tertiary/aromatic N) is 2. The molecule has 4 nitrogen and oxygen atoms in total. The van der Waals surface area contributed by atoms with Gasteiger partial charge in [0.1, 0.15) is 0 Å². The van der Waals surface area contributed by atoms with E-state index in [2.05, 4.69) is 9.97 Å². The van der Waals surface area contributed by atoms with Gasteiger partial charge in [-0.05, 0) is 24.3 Å². The van der Waals surface area contributed by atoms with Gasteiger partial charge in [-0.3, -0.25) is 4.98 Å². The summed E-state index contributed by atoms with van der Waals surface area (Å²) < 4.78 is 47.0. The molecule has 2 rings (SSSR count). The maximum Gasteiger partial charge on any atom is 0.336 e. The first-order valence-corrected chi connectivity index (χ1v) is 5.88. The van der Waals surface area contributed by atoms with Gasteiger partial charge in [-0.25, -0.2) is 4.98 Å². The van der Waals surface area contributed by atoms with Gasteiger partial charge in [0, 0.05) is 18.0 Å². The third-order valence-corrected chi connectivity index (χ3v) is 2.88. The molecule has 0 saturated heterocycles. The Kier molecular flexibility index (Phi) is 2.84. The first-order valence-electron chi connectivity index (χ1n) is 4.50. The predicted molar refractivity (Wildman–Crippen MR) is 55.7 cm³/mol. The summed E-state index contributed by atoms with van der Waals surface area (Å²) in [6.45, 7) is 0. The summed E-state index contributed by atoms with van der Waals surface area (Å²) >= 11 is 0. The molecule has 7 heteroatoms. The molecule has 0 atom stereocenters. The highest BCUT2D eigenvalue weighted by Crippen LogP contribution is 2.21. The molecule has 0 bridgehead atoms. The topological polar surface area (TPSA) is 59.9 Å². The highest BCUT2D eigenvalue weighted by Gasteiger charge is 2.19. The fourth-order valence-electron chi connectivity index (χ4n) is 1.29. The van der Waals surface area contributed by atoms with Crippen molar-refractivity contribution in [3.8, 4) is 11.3 Å². The molecule has 2 aromatic heterocycles. The number of rotatable bonds is 2. The van der Waals surface area contributed by atoms with E-state index in [4.69, 9.17) is 0 Å². The van der Waals surface area contributed by atoms with Crippen LogP contribution in [0.15, 0.2) is 41.6 Å². The van der Waals surface area contributed by atoms with Crippen molar-refractivity contribution in [2.75, 3.05) is 0 Å². The van der Waals surface area contributed by atoms with Crippen LogP contribution in [0.1, 0.15) is 0 Å². The van der Waals surface area contributed by atoms with Crippen LogP contribution in [0.3, 0.4) is 0 Å². The Labute approximate surface area is 96.2 Å². The molecule has 0 radical (unpaired) electrons. The zero-order chi connectivity index (χ0) is 12.5. The van der Waals surface area contributed by atoms with Gasteiger partial charge in [-0.1, -0.05) is 0 Å². The van der Waals surface area contributed by atoms with Crippen LogP contribution in [0.4, 0.5) is 8.28 Å². The molecule has 0 N–H and O–H groups in total. The molecule has 0 fully saturated rings. The first kappa shape index (κ1) is 11.6. The van der Waals surface area contributed by atoms with Crippen molar-refractivity contribution >= 4 is 10.2 Å². The van der Waals surface area contributed by atoms with Crippen LogP contribution in [0.25, 0.3) is 11.3 Å². The third-order valence-electron chi connectivity index (χ3n) is 2.05. The Morgan fingerprint density at radius 3 is 2.24 bits per heavy atom. The van der Waals surface area contributed by atoms with E-state index in [1.54, 1.807) is 12.1 Å². The van der Waals surface area contributed by atoms with Crippen molar-refractivity contribution in [2.45, 2.75) is 4.90 Å². The molecule has 0 saturated carbocycles. The van der Waals surface area contributed by atoms with Crippen LogP contribution < -0.4 is 0 Å². The largest absolute Gasteiger partial charge is 0.336 e. The van der Waals surface area contributed by atoms with Gasteiger partial charge >= 0.3 is 10.2 Å². The summed E-state index contributed by atoms with van der Waals surface area (Å²) in [5, 5.41) is 0. The lowest BCUT2D eigenvalue weighted by Crippen LogP contribution is -2.00. The normalized spacial score (nSPS) is 11.4. The number of pyridine rings is 2. The molecule has 2 heterocycles. The molecular weight excluding hydrogens is 250 g/mol. The van der Waals surface area contributed by atoms with Crippen LogP contribution in [0, 0.1) is 5.95 Å². The molecule has 0 amide bonds. The second kappa shape index (κ2) is 4.17. The van der Waals surface area contributed by atoms with Gasteiger partial charge in [0.15, 0.2) is 4.90 Å². The number of aromatic nitrogens is 2. The van der Waals surface area contributed by atoms with Gasteiger partial charge in [0.2, 0.25) is 5.95 Å². The van der Waals surface area contributed by atoms with Crippen LogP contribution >= 0.6 is 0 Å². The summed E-state index contributed by atoms with van der Waals surface area (Å²) in [5.41, 5.74) is 0.763. The Morgan fingerprint density at radius 1 is 1.06 bits per heavy atom. The van der Waals surface area contributed by atoms with Crippen molar-refractivity contribution < 1.29 is 16.7 Å². The summed E-state index contributed by atoms with van der Waals surface area (Å²) in [6.07, 6.45) is 2.96. The van der Waals surface area contributed by atoms with Gasteiger partial charge in [-0.2, -0.15) is 12.8 Å². The van der Waals surface area contributed by atoms with Gasteiger partial charge in [-0.15, -0.1) is 3.89 Å². The van der Waals surface area contributed by atoms with Crippen LogP contribution in [0.2, 0.25) is 0 Å². The maximum atomic E-state index is 13.3. The quantitative estimate of drug-likeness (QED) is 0.608. The fraction of sp³-hybridized carbons (Fsp3) is 0. The molecule has 0 spiro atoms.